The van der Waals surface area contributed by atoms with Crippen LogP contribution >= 0.6 is 0 Å². The predicted molar refractivity (Wildman–Crippen MR) is 167 cm³/mol. The Kier molecular flexibility index (Phi) is 6.72. The number of amides is 1. The highest BCUT2D eigenvalue weighted by Crippen LogP contribution is 2.43. The average Bonchev–Trinajstić information content (AvgIpc) is 3.71. The normalized spacial score (nSPS) is 17.1. The molecular formula is C35H36N4O4. The van der Waals surface area contributed by atoms with Crippen LogP contribution in [0.1, 0.15) is 84.7 Å². The van der Waals surface area contributed by atoms with E-state index in [1.807, 2.05) is 54.3 Å². The largest absolute Gasteiger partial charge is 0.478 e. The summed E-state index contributed by atoms with van der Waals surface area (Å²) in [4.78, 5) is 29.8. The molecule has 0 atom stereocenters. The molecule has 2 aromatic carbocycles. The Morgan fingerprint density at radius 3 is 2.53 bits per heavy atom. The number of benzene rings is 2. The van der Waals surface area contributed by atoms with Gasteiger partial charge >= 0.3 is 5.97 Å². The first-order valence-corrected chi connectivity index (χ1v) is 15.2. The Hall–Kier alpha value is -4.59. The second-order valence-electron chi connectivity index (χ2n) is 12.2. The van der Waals surface area contributed by atoms with Gasteiger partial charge in [0, 0.05) is 41.2 Å². The van der Waals surface area contributed by atoms with Gasteiger partial charge in [-0.25, -0.2) is 9.78 Å². The fraction of sp³-hybridized carbons (Fsp3) is 0.343. The molecule has 2 aliphatic rings. The van der Waals surface area contributed by atoms with E-state index >= 15 is 0 Å². The van der Waals surface area contributed by atoms with Gasteiger partial charge in [-0.05, 0) is 92.6 Å². The molecule has 2 saturated carbocycles. The standard InChI is InChI=1S/C35H36N4O4/c1-22-27-20-24(11-13-29(27)39(26-7-4-3-5-8-26)32(22)25-15-18-43-21-25)33(42)37-35(16-6-17-35)34-36-28-19-23(10-14-31(40)41)9-12-30(28)38(34)2/h9-15,18-21,26H,3-8,16-17H2,1-2H3,(H,37,42)(H,40,41)/b14-10+. The van der Waals surface area contributed by atoms with Crippen LogP contribution < -0.4 is 5.32 Å². The number of carbonyl (C=O) groups excluding carboxylic acids is 1. The van der Waals surface area contributed by atoms with E-state index in [4.69, 9.17) is 14.5 Å². The number of rotatable bonds is 7. The van der Waals surface area contributed by atoms with Crippen LogP contribution in [0.2, 0.25) is 0 Å². The van der Waals surface area contributed by atoms with Crippen LogP contribution in [0.15, 0.2) is 65.5 Å². The maximum atomic E-state index is 13.9. The van der Waals surface area contributed by atoms with E-state index in [-0.39, 0.29) is 5.91 Å². The van der Waals surface area contributed by atoms with E-state index in [0.29, 0.717) is 11.6 Å². The molecule has 8 heteroatoms. The van der Waals surface area contributed by atoms with Crippen LogP contribution in [0.3, 0.4) is 0 Å². The van der Waals surface area contributed by atoms with Crippen molar-refractivity contribution in [3.63, 3.8) is 0 Å². The average molecular weight is 577 g/mol. The molecule has 0 saturated heterocycles. The molecule has 43 heavy (non-hydrogen) atoms. The number of carbonyl (C=O) groups is 2. The SMILES string of the molecule is Cc1c(-c2ccoc2)n(C2CCCCC2)c2ccc(C(=O)NC3(c4nc5cc(/C=C/C(=O)O)ccc5n4C)CCC3)cc12. The number of carboxylic acid groups (broad SMARTS) is 1. The molecule has 3 aromatic heterocycles. The van der Waals surface area contributed by atoms with Crippen molar-refractivity contribution >= 4 is 39.9 Å². The second kappa shape index (κ2) is 10.6. The smallest absolute Gasteiger partial charge is 0.328 e. The number of aryl methyl sites for hydroxylation is 2. The molecule has 2 fully saturated rings. The second-order valence-corrected chi connectivity index (χ2v) is 12.2. The zero-order valence-corrected chi connectivity index (χ0v) is 24.6. The molecule has 3 heterocycles. The molecule has 7 rings (SSSR count). The minimum atomic E-state index is -0.991. The topological polar surface area (TPSA) is 102 Å². The van der Waals surface area contributed by atoms with Crippen LogP contribution in [-0.4, -0.2) is 31.1 Å². The quantitative estimate of drug-likeness (QED) is 0.195. The van der Waals surface area contributed by atoms with Gasteiger partial charge in [0.25, 0.3) is 5.91 Å². The monoisotopic (exact) mass is 576 g/mol. The minimum Gasteiger partial charge on any atom is -0.478 e. The molecule has 0 radical (unpaired) electrons. The van der Waals surface area contributed by atoms with Crippen molar-refractivity contribution in [3.8, 4) is 11.3 Å². The van der Waals surface area contributed by atoms with E-state index in [1.54, 1.807) is 12.3 Å². The lowest BCUT2D eigenvalue weighted by Crippen LogP contribution is -2.52. The van der Waals surface area contributed by atoms with Crippen LogP contribution in [0.25, 0.3) is 39.3 Å². The van der Waals surface area contributed by atoms with Gasteiger partial charge in [-0.15, -0.1) is 0 Å². The van der Waals surface area contributed by atoms with Gasteiger partial charge in [-0.3, -0.25) is 4.79 Å². The van der Waals surface area contributed by atoms with Crippen molar-refractivity contribution in [2.24, 2.45) is 7.05 Å². The van der Waals surface area contributed by atoms with Crippen molar-refractivity contribution in [1.82, 2.24) is 19.4 Å². The van der Waals surface area contributed by atoms with Gasteiger partial charge in [0.1, 0.15) is 5.82 Å². The summed E-state index contributed by atoms with van der Waals surface area (Å²) in [5.74, 6) is -0.271. The number of nitrogens with zero attached hydrogens (tertiary/aromatic N) is 3. The predicted octanol–water partition coefficient (Wildman–Crippen LogP) is 7.51. The Morgan fingerprint density at radius 2 is 1.84 bits per heavy atom. The number of hydrogen-bond donors (Lipinski definition) is 2. The van der Waals surface area contributed by atoms with Gasteiger partial charge < -0.3 is 24.0 Å². The number of aromatic nitrogens is 3. The highest BCUT2D eigenvalue weighted by molar-refractivity contribution is 6.01. The summed E-state index contributed by atoms with van der Waals surface area (Å²) in [6.45, 7) is 2.15. The molecule has 0 aliphatic heterocycles. The lowest BCUT2D eigenvalue weighted by atomic mass is 9.75. The summed E-state index contributed by atoms with van der Waals surface area (Å²) in [7, 11) is 1.98. The first-order chi connectivity index (χ1) is 20.8. The van der Waals surface area contributed by atoms with E-state index in [1.165, 1.54) is 30.5 Å². The van der Waals surface area contributed by atoms with Crippen molar-refractivity contribution in [3.05, 3.63) is 83.6 Å². The molecule has 0 unspecified atom stereocenters. The van der Waals surface area contributed by atoms with Gasteiger partial charge in [0.05, 0.1) is 34.8 Å². The van der Waals surface area contributed by atoms with Crippen LogP contribution in [0.4, 0.5) is 0 Å². The maximum absolute atomic E-state index is 13.9. The number of carboxylic acids is 1. The molecule has 2 aliphatic carbocycles. The Bertz CT molecular complexity index is 1880. The fourth-order valence-electron chi connectivity index (χ4n) is 7.23. The number of fused-ring (bicyclic) bond motifs is 2. The van der Waals surface area contributed by atoms with Gasteiger partial charge in [-0.2, -0.15) is 0 Å². The van der Waals surface area contributed by atoms with Gasteiger partial charge in [-0.1, -0.05) is 25.3 Å². The molecule has 220 valence electrons. The summed E-state index contributed by atoms with van der Waals surface area (Å²) in [5, 5.41) is 13.5. The summed E-state index contributed by atoms with van der Waals surface area (Å²) in [5.41, 5.74) is 7.15. The lowest BCUT2D eigenvalue weighted by Gasteiger charge is -2.41. The molecule has 1 amide bonds. The molecule has 2 N–H and O–H groups in total. The third kappa shape index (κ3) is 4.65. The number of imidazole rings is 1. The summed E-state index contributed by atoms with van der Waals surface area (Å²) in [6, 6.07) is 14.3. The van der Waals surface area contributed by atoms with Crippen molar-refractivity contribution in [2.75, 3.05) is 0 Å². The van der Waals surface area contributed by atoms with E-state index in [0.717, 1.165) is 77.1 Å². The minimum absolute atomic E-state index is 0.103. The zero-order valence-electron chi connectivity index (χ0n) is 24.6. The lowest BCUT2D eigenvalue weighted by molar-refractivity contribution is -0.131. The summed E-state index contributed by atoms with van der Waals surface area (Å²) < 4.78 is 10.0. The highest BCUT2D eigenvalue weighted by Gasteiger charge is 2.44. The maximum Gasteiger partial charge on any atom is 0.328 e. The van der Waals surface area contributed by atoms with Crippen LogP contribution in [0.5, 0.6) is 0 Å². The molecule has 0 spiro atoms. The zero-order chi connectivity index (χ0) is 29.7. The molecular weight excluding hydrogens is 540 g/mol. The van der Waals surface area contributed by atoms with Crippen molar-refractivity contribution < 1.29 is 19.1 Å². The third-order valence-corrected chi connectivity index (χ3v) is 9.56. The fourth-order valence-corrected chi connectivity index (χ4v) is 7.23. The molecule has 5 aromatic rings. The van der Waals surface area contributed by atoms with Crippen LogP contribution in [0, 0.1) is 6.92 Å². The first-order valence-electron chi connectivity index (χ1n) is 15.2. The van der Waals surface area contributed by atoms with Crippen molar-refractivity contribution in [1.29, 1.82) is 0 Å². The number of nitrogens with one attached hydrogen (secondary N) is 1. The van der Waals surface area contributed by atoms with Gasteiger partial charge in [0.2, 0.25) is 0 Å². The van der Waals surface area contributed by atoms with Gasteiger partial charge in [0.15, 0.2) is 0 Å². The number of aliphatic carboxylic acids is 1. The van der Waals surface area contributed by atoms with E-state index < -0.39 is 11.5 Å². The first kappa shape index (κ1) is 27.3. The molecule has 0 bridgehead atoms. The summed E-state index contributed by atoms with van der Waals surface area (Å²) >= 11 is 0. The number of hydrogen-bond acceptors (Lipinski definition) is 4. The Labute approximate surface area is 250 Å². The number of furan rings is 1. The Balaban J connectivity index is 1.23. The highest BCUT2D eigenvalue weighted by atomic mass is 16.4. The summed E-state index contributed by atoms with van der Waals surface area (Å²) in [6.07, 6.45) is 14.9. The van der Waals surface area contributed by atoms with E-state index in [2.05, 4.69) is 22.9 Å². The van der Waals surface area contributed by atoms with Crippen LogP contribution in [-0.2, 0) is 17.4 Å². The van der Waals surface area contributed by atoms with E-state index in [9.17, 15) is 9.59 Å². The molecule has 8 nitrogen and oxygen atoms in total. The Morgan fingerprint density at radius 1 is 1.05 bits per heavy atom. The third-order valence-electron chi connectivity index (χ3n) is 9.56. The van der Waals surface area contributed by atoms with Crippen molar-refractivity contribution in [2.45, 2.75) is 69.9 Å².